The van der Waals surface area contributed by atoms with E-state index < -0.39 is 10.0 Å². The van der Waals surface area contributed by atoms with Crippen LogP contribution in [-0.4, -0.2) is 13.4 Å². The molecule has 0 aliphatic rings. The van der Waals surface area contributed by atoms with Gasteiger partial charge in [0.15, 0.2) is 0 Å². The molecule has 4 nitrogen and oxygen atoms in total. The molecule has 21 heavy (non-hydrogen) atoms. The summed E-state index contributed by atoms with van der Waals surface area (Å²) in [6, 6.07) is 8.54. The Hall–Kier alpha value is -1.43. The van der Waals surface area contributed by atoms with Crippen molar-refractivity contribution in [2.45, 2.75) is 31.7 Å². The van der Waals surface area contributed by atoms with E-state index in [1.165, 1.54) is 18.3 Å². The summed E-state index contributed by atoms with van der Waals surface area (Å²) < 4.78 is 27.3. The Kier molecular flexibility index (Phi) is 4.66. The number of halogens is 1. The second-order valence-electron chi connectivity index (χ2n) is 5.02. The van der Waals surface area contributed by atoms with Gasteiger partial charge in [-0.25, -0.2) is 18.1 Å². The predicted octanol–water partition coefficient (Wildman–Crippen LogP) is 3.39. The van der Waals surface area contributed by atoms with Crippen LogP contribution in [0.25, 0.3) is 0 Å². The van der Waals surface area contributed by atoms with Crippen LogP contribution in [0.1, 0.15) is 29.7 Å². The highest BCUT2D eigenvalue weighted by atomic mass is 35.5. The standard InChI is InChI=1S/C15H17ClN2O2S/c1-10-4-5-11(2)14(8-10)12(3)18-21(19,20)13-6-7-15(16)17-9-13/h4-9,12,18H,1-3H3. The molecule has 0 aliphatic heterocycles. The van der Waals surface area contributed by atoms with Gasteiger partial charge >= 0.3 is 0 Å². The molecule has 0 aliphatic carbocycles. The lowest BCUT2D eigenvalue weighted by molar-refractivity contribution is 0.566. The number of hydrogen-bond donors (Lipinski definition) is 1. The number of aryl methyl sites for hydroxylation is 2. The summed E-state index contributed by atoms with van der Waals surface area (Å²) >= 11 is 5.68. The molecule has 2 aromatic rings. The molecule has 1 aromatic heterocycles. The van der Waals surface area contributed by atoms with Crippen LogP contribution < -0.4 is 4.72 Å². The predicted molar refractivity (Wildman–Crippen MR) is 83.9 cm³/mol. The molecule has 0 saturated heterocycles. The minimum atomic E-state index is -3.63. The normalized spacial score (nSPS) is 13.1. The molecule has 0 fully saturated rings. The van der Waals surface area contributed by atoms with E-state index in [9.17, 15) is 8.42 Å². The molecule has 2 rings (SSSR count). The van der Waals surface area contributed by atoms with Gasteiger partial charge in [0.05, 0.1) is 0 Å². The van der Waals surface area contributed by atoms with Gasteiger partial charge in [-0.2, -0.15) is 0 Å². The van der Waals surface area contributed by atoms with E-state index in [1.807, 2.05) is 39.0 Å². The fraction of sp³-hybridized carbons (Fsp3) is 0.267. The van der Waals surface area contributed by atoms with Crippen LogP contribution in [0.4, 0.5) is 0 Å². The molecule has 0 radical (unpaired) electrons. The van der Waals surface area contributed by atoms with Gasteiger partial charge in [-0.3, -0.25) is 0 Å². The van der Waals surface area contributed by atoms with Crippen molar-refractivity contribution in [1.29, 1.82) is 0 Å². The Morgan fingerprint density at radius 1 is 1.19 bits per heavy atom. The van der Waals surface area contributed by atoms with Gasteiger partial charge in [0.2, 0.25) is 10.0 Å². The Balaban J connectivity index is 2.27. The van der Waals surface area contributed by atoms with Crippen molar-refractivity contribution in [3.8, 4) is 0 Å². The van der Waals surface area contributed by atoms with Gasteiger partial charge < -0.3 is 0 Å². The first-order chi connectivity index (χ1) is 9.79. The molecule has 0 bridgehead atoms. The van der Waals surface area contributed by atoms with Gasteiger partial charge in [-0.15, -0.1) is 0 Å². The van der Waals surface area contributed by atoms with E-state index in [4.69, 9.17) is 11.6 Å². The highest BCUT2D eigenvalue weighted by molar-refractivity contribution is 7.89. The van der Waals surface area contributed by atoms with Gasteiger partial charge in [0.25, 0.3) is 0 Å². The van der Waals surface area contributed by atoms with Crippen LogP contribution in [0.3, 0.4) is 0 Å². The summed E-state index contributed by atoms with van der Waals surface area (Å²) in [4.78, 5) is 3.90. The second kappa shape index (κ2) is 6.13. The molecule has 1 aromatic carbocycles. The maximum atomic E-state index is 12.3. The lowest BCUT2D eigenvalue weighted by Crippen LogP contribution is -2.27. The highest BCUT2D eigenvalue weighted by Crippen LogP contribution is 2.21. The zero-order chi connectivity index (χ0) is 15.6. The lowest BCUT2D eigenvalue weighted by atomic mass is 10.0. The third-order valence-electron chi connectivity index (χ3n) is 3.24. The summed E-state index contributed by atoms with van der Waals surface area (Å²) in [5.41, 5.74) is 3.10. The SMILES string of the molecule is Cc1ccc(C)c(C(C)NS(=O)(=O)c2ccc(Cl)nc2)c1. The Bertz CT molecular complexity index is 743. The number of rotatable bonds is 4. The molecule has 1 atom stereocenters. The molecule has 0 amide bonds. The molecule has 1 N–H and O–H groups in total. The maximum absolute atomic E-state index is 12.3. The smallest absolute Gasteiger partial charge is 0.242 e. The number of pyridine rings is 1. The van der Waals surface area contributed by atoms with Crippen LogP contribution in [0.2, 0.25) is 5.15 Å². The molecule has 1 unspecified atom stereocenters. The van der Waals surface area contributed by atoms with Crippen molar-refractivity contribution in [1.82, 2.24) is 9.71 Å². The highest BCUT2D eigenvalue weighted by Gasteiger charge is 2.19. The van der Waals surface area contributed by atoms with Gasteiger partial charge in [0, 0.05) is 12.2 Å². The Morgan fingerprint density at radius 2 is 1.90 bits per heavy atom. The first-order valence-electron chi connectivity index (χ1n) is 6.50. The van der Waals surface area contributed by atoms with E-state index in [0.717, 1.165) is 16.7 Å². The van der Waals surface area contributed by atoms with Crippen molar-refractivity contribution >= 4 is 21.6 Å². The summed E-state index contributed by atoms with van der Waals surface area (Å²) in [5.74, 6) is 0. The average Bonchev–Trinajstić information content (AvgIpc) is 2.41. The molecule has 1 heterocycles. The van der Waals surface area contributed by atoms with Crippen LogP contribution in [0, 0.1) is 13.8 Å². The third kappa shape index (κ3) is 3.81. The minimum Gasteiger partial charge on any atom is -0.243 e. The number of hydrogen-bond acceptors (Lipinski definition) is 3. The Morgan fingerprint density at radius 3 is 2.52 bits per heavy atom. The van der Waals surface area contributed by atoms with Crippen LogP contribution in [-0.2, 0) is 10.0 Å². The largest absolute Gasteiger partial charge is 0.243 e. The molecular weight excluding hydrogens is 308 g/mol. The fourth-order valence-electron chi connectivity index (χ4n) is 2.11. The van der Waals surface area contributed by atoms with Crippen molar-refractivity contribution in [3.05, 3.63) is 58.4 Å². The number of nitrogens with zero attached hydrogens (tertiary/aromatic N) is 1. The monoisotopic (exact) mass is 324 g/mol. The zero-order valence-corrected chi connectivity index (χ0v) is 13.7. The minimum absolute atomic E-state index is 0.101. The Labute approximate surface area is 130 Å². The fourth-order valence-corrected chi connectivity index (χ4v) is 3.39. The van der Waals surface area contributed by atoms with Crippen molar-refractivity contribution < 1.29 is 8.42 Å². The van der Waals surface area contributed by atoms with E-state index in [-0.39, 0.29) is 16.1 Å². The lowest BCUT2D eigenvalue weighted by Gasteiger charge is -2.17. The molecular formula is C15H17ClN2O2S. The van der Waals surface area contributed by atoms with Crippen molar-refractivity contribution in [2.75, 3.05) is 0 Å². The molecule has 0 spiro atoms. The number of nitrogens with one attached hydrogen (secondary N) is 1. The van der Waals surface area contributed by atoms with Crippen LogP contribution in [0.5, 0.6) is 0 Å². The summed E-state index contributed by atoms with van der Waals surface area (Å²) in [6.45, 7) is 5.76. The maximum Gasteiger partial charge on any atom is 0.242 e. The van der Waals surface area contributed by atoms with Crippen molar-refractivity contribution in [3.63, 3.8) is 0 Å². The average molecular weight is 325 g/mol. The third-order valence-corrected chi connectivity index (χ3v) is 4.99. The number of benzene rings is 1. The zero-order valence-electron chi connectivity index (χ0n) is 12.1. The van der Waals surface area contributed by atoms with E-state index >= 15 is 0 Å². The quantitative estimate of drug-likeness (QED) is 0.877. The van der Waals surface area contributed by atoms with Gasteiger partial charge in [0.1, 0.15) is 10.0 Å². The topological polar surface area (TPSA) is 59.1 Å². The summed E-state index contributed by atoms with van der Waals surface area (Å²) in [7, 11) is -3.63. The number of sulfonamides is 1. The first kappa shape index (κ1) is 15.9. The molecule has 6 heteroatoms. The van der Waals surface area contributed by atoms with E-state index in [2.05, 4.69) is 9.71 Å². The van der Waals surface area contributed by atoms with E-state index in [0.29, 0.717) is 0 Å². The number of aromatic nitrogens is 1. The van der Waals surface area contributed by atoms with Gasteiger partial charge in [-0.1, -0.05) is 35.4 Å². The van der Waals surface area contributed by atoms with Crippen LogP contribution in [0.15, 0.2) is 41.4 Å². The summed E-state index contributed by atoms with van der Waals surface area (Å²) in [6.07, 6.45) is 1.25. The first-order valence-corrected chi connectivity index (χ1v) is 8.37. The molecule has 112 valence electrons. The van der Waals surface area contributed by atoms with E-state index in [1.54, 1.807) is 0 Å². The summed E-state index contributed by atoms with van der Waals surface area (Å²) in [5, 5.41) is 0.261. The van der Waals surface area contributed by atoms with Gasteiger partial charge in [-0.05, 0) is 44.0 Å². The van der Waals surface area contributed by atoms with Crippen LogP contribution >= 0.6 is 11.6 Å². The second-order valence-corrected chi connectivity index (χ2v) is 7.12. The molecule has 0 saturated carbocycles. The van der Waals surface area contributed by atoms with Crippen molar-refractivity contribution in [2.24, 2.45) is 0 Å².